The number of aryl methyl sites for hydroxylation is 1. The zero-order valence-electron chi connectivity index (χ0n) is 8.11. The fourth-order valence-electron chi connectivity index (χ4n) is 0.880. The smallest absolute Gasteiger partial charge is 0.189 e. The van der Waals surface area contributed by atoms with Crippen LogP contribution in [0.5, 0.6) is 0 Å². The molecule has 0 bridgehead atoms. The first-order valence-electron chi connectivity index (χ1n) is 4.25. The van der Waals surface area contributed by atoms with E-state index in [0.29, 0.717) is 0 Å². The zero-order chi connectivity index (χ0) is 9.84. The van der Waals surface area contributed by atoms with Gasteiger partial charge in [-0.05, 0) is 32.9 Å². The van der Waals surface area contributed by atoms with Crippen LogP contribution in [0.25, 0.3) is 0 Å². The molecule has 0 aliphatic heterocycles. The summed E-state index contributed by atoms with van der Waals surface area (Å²) in [6.45, 7) is 5.73. The van der Waals surface area contributed by atoms with E-state index in [-0.39, 0.29) is 6.10 Å². The van der Waals surface area contributed by atoms with Gasteiger partial charge >= 0.3 is 0 Å². The lowest BCUT2D eigenvalue weighted by atomic mass is 10.2. The van der Waals surface area contributed by atoms with E-state index in [1.807, 2.05) is 45.0 Å². The molecule has 0 aliphatic rings. The van der Waals surface area contributed by atoms with Crippen LogP contribution < -0.4 is 0 Å². The normalized spacial score (nSPS) is 13.2. The van der Waals surface area contributed by atoms with Crippen molar-refractivity contribution in [2.75, 3.05) is 0 Å². The summed E-state index contributed by atoms with van der Waals surface area (Å²) in [6, 6.07) is 7.51. The second kappa shape index (κ2) is 4.53. The average molecular weight is 198 g/mol. The minimum atomic E-state index is -1.32. The average Bonchev–Trinajstić information content (AvgIpc) is 2.04. The fraction of sp³-hybridized carbons (Fsp3) is 0.400. The topological polar surface area (TPSA) is 26.3 Å². The Morgan fingerprint density at radius 1 is 1.23 bits per heavy atom. The van der Waals surface area contributed by atoms with Gasteiger partial charge in [0.25, 0.3) is 0 Å². The highest BCUT2D eigenvalue weighted by Crippen LogP contribution is 2.10. The third-order valence-electron chi connectivity index (χ3n) is 1.49. The summed E-state index contributed by atoms with van der Waals surface area (Å²) < 4.78 is 16.6. The van der Waals surface area contributed by atoms with Gasteiger partial charge in [-0.1, -0.05) is 17.7 Å². The third kappa shape index (κ3) is 3.28. The van der Waals surface area contributed by atoms with Gasteiger partial charge in [0.1, 0.15) is 0 Å². The Balaban J connectivity index is 2.72. The Bertz CT molecular complexity index is 290. The number of hydrogen-bond donors (Lipinski definition) is 0. The van der Waals surface area contributed by atoms with Crippen molar-refractivity contribution in [3.63, 3.8) is 0 Å². The van der Waals surface area contributed by atoms with Crippen molar-refractivity contribution in [1.82, 2.24) is 0 Å². The second-order valence-corrected chi connectivity index (χ2v) is 4.33. The van der Waals surface area contributed by atoms with Crippen molar-refractivity contribution >= 4 is 11.1 Å². The summed E-state index contributed by atoms with van der Waals surface area (Å²) in [5, 5.41) is 0. The van der Waals surface area contributed by atoms with E-state index < -0.39 is 11.1 Å². The first-order chi connectivity index (χ1) is 6.09. The molecule has 0 aliphatic carbocycles. The van der Waals surface area contributed by atoms with Crippen LogP contribution in [0, 0.1) is 6.92 Å². The molecule has 13 heavy (non-hydrogen) atoms. The first kappa shape index (κ1) is 10.4. The van der Waals surface area contributed by atoms with Crippen LogP contribution in [-0.2, 0) is 15.3 Å². The zero-order valence-corrected chi connectivity index (χ0v) is 8.93. The maximum Gasteiger partial charge on any atom is 0.189 e. The molecule has 0 radical (unpaired) electrons. The Hall–Kier alpha value is -0.670. The summed E-state index contributed by atoms with van der Waals surface area (Å²) in [7, 11) is 0. The SMILES string of the molecule is Cc1ccc(S(=O)OC(C)C)cc1. The lowest BCUT2D eigenvalue weighted by molar-refractivity contribution is 0.270. The van der Waals surface area contributed by atoms with Crippen molar-refractivity contribution in [3.8, 4) is 0 Å². The summed E-state index contributed by atoms with van der Waals surface area (Å²) in [5.41, 5.74) is 1.16. The van der Waals surface area contributed by atoms with E-state index >= 15 is 0 Å². The summed E-state index contributed by atoms with van der Waals surface area (Å²) in [4.78, 5) is 0.722. The van der Waals surface area contributed by atoms with Crippen LogP contribution in [-0.4, -0.2) is 10.3 Å². The molecule has 3 heteroatoms. The Labute approximate surface area is 81.6 Å². The van der Waals surface area contributed by atoms with E-state index in [1.54, 1.807) is 0 Å². The van der Waals surface area contributed by atoms with Crippen molar-refractivity contribution < 1.29 is 8.39 Å². The molecule has 0 heterocycles. The standard InChI is InChI=1S/C10H14O2S/c1-8(2)12-13(11)10-6-4-9(3)5-7-10/h4-8H,1-3H3. The van der Waals surface area contributed by atoms with Crippen molar-refractivity contribution in [2.24, 2.45) is 0 Å². The van der Waals surface area contributed by atoms with E-state index in [1.165, 1.54) is 0 Å². The van der Waals surface area contributed by atoms with Gasteiger partial charge in [0.15, 0.2) is 11.1 Å². The Kier molecular flexibility index (Phi) is 3.63. The summed E-state index contributed by atoms with van der Waals surface area (Å²) in [6.07, 6.45) is -0.0119. The monoisotopic (exact) mass is 198 g/mol. The number of benzene rings is 1. The molecule has 0 aromatic heterocycles. The quantitative estimate of drug-likeness (QED) is 0.745. The molecule has 1 rings (SSSR count). The van der Waals surface area contributed by atoms with Crippen LogP contribution in [0.15, 0.2) is 29.2 Å². The van der Waals surface area contributed by atoms with Gasteiger partial charge < -0.3 is 0 Å². The van der Waals surface area contributed by atoms with E-state index in [9.17, 15) is 4.21 Å². The van der Waals surface area contributed by atoms with E-state index in [2.05, 4.69) is 0 Å². The highest BCUT2D eigenvalue weighted by Gasteiger charge is 2.05. The van der Waals surface area contributed by atoms with Crippen molar-refractivity contribution in [2.45, 2.75) is 31.8 Å². The predicted octanol–water partition coefficient (Wildman–Crippen LogP) is 2.44. The molecule has 0 N–H and O–H groups in total. The first-order valence-corrected chi connectivity index (χ1v) is 5.32. The summed E-state index contributed by atoms with van der Waals surface area (Å²) >= 11 is -1.32. The predicted molar refractivity (Wildman–Crippen MR) is 53.8 cm³/mol. The van der Waals surface area contributed by atoms with Crippen LogP contribution >= 0.6 is 0 Å². The lowest BCUT2D eigenvalue weighted by Gasteiger charge is -2.05. The molecule has 2 nitrogen and oxygen atoms in total. The molecule has 0 amide bonds. The molecule has 1 aromatic rings. The largest absolute Gasteiger partial charge is 0.284 e. The highest BCUT2D eigenvalue weighted by molar-refractivity contribution is 7.80. The molecule has 1 atom stereocenters. The molecule has 1 aromatic carbocycles. The van der Waals surface area contributed by atoms with Gasteiger partial charge in [-0.2, -0.15) is 0 Å². The third-order valence-corrected chi connectivity index (χ3v) is 2.71. The van der Waals surface area contributed by atoms with Crippen LogP contribution in [0.1, 0.15) is 19.4 Å². The van der Waals surface area contributed by atoms with E-state index in [0.717, 1.165) is 10.5 Å². The van der Waals surface area contributed by atoms with Crippen LogP contribution in [0.4, 0.5) is 0 Å². The van der Waals surface area contributed by atoms with Gasteiger partial charge in [0.05, 0.1) is 11.0 Å². The van der Waals surface area contributed by atoms with Gasteiger partial charge in [-0.3, -0.25) is 4.18 Å². The van der Waals surface area contributed by atoms with E-state index in [4.69, 9.17) is 4.18 Å². The molecule has 72 valence electrons. The number of rotatable bonds is 3. The van der Waals surface area contributed by atoms with Crippen molar-refractivity contribution in [3.05, 3.63) is 29.8 Å². The summed E-state index contributed by atoms with van der Waals surface area (Å²) in [5.74, 6) is 0. The van der Waals surface area contributed by atoms with Gasteiger partial charge in [0, 0.05) is 0 Å². The van der Waals surface area contributed by atoms with Gasteiger partial charge in [0.2, 0.25) is 0 Å². The molecule has 0 spiro atoms. The maximum atomic E-state index is 11.5. The second-order valence-electron chi connectivity index (χ2n) is 3.19. The minimum Gasteiger partial charge on any atom is -0.284 e. The molecule has 0 fully saturated rings. The molecular formula is C10H14O2S. The van der Waals surface area contributed by atoms with Crippen molar-refractivity contribution in [1.29, 1.82) is 0 Å². The van der Waals surface area contributed by atoms with Crippen LogP contribution in [0.3, 0.4) is 0 Å². The minimum absolute atomic E-state index is 0.0119. The van der Waals surface area contributed by atoms with Crippen LogP contribution in [0.2, 0.25) is 0 Å². The molecule has 0 saturated carbocycles. The maximum absolute atomic E-state index is 11.5. The Morgan fingerprint density at radius 3 is 2.23 bits per heavy atom. The number of hydrogen-bond acceptors (Lipinski definition) is 2. The molecule has 0 saturated heterocycles. The van der Waals surface area contributed by atoms with Gasteiger partial charge in [-0.15, -0.1) is 0 Å². The molecular weight excluding hydrogens is 184 g/mol. The Morgan fingerprint density at radius 2 is 1.77 bits per heavy atom. The highest BCUT2D eigenvalue weighted by atomic mass is 32.2. The fourth-order valence-corrected chi connectivity index (χ4v) is 1.70. The lowest BCUT2D eigenvalue weighted by Crippen LogP contribution is -2.05. The molecule has 1 unspecified atom stereocenters. The van der Waals surface area contributed by atoms with Gasteiger partial charge in [-0.25, -0.2) is 4.21 Å².